The Morgan fingerprint density at radius 2 is 1.63 bits per heavy atom. The third kappa shape index (κ3) is 14.6. The zero-order valence-corrected chi connectivity index (χ0v) is 48.3. The van der Waals surface area contributed by atoms with Gasteiger partial charge in [0.25, 0.3) is 15.6 Å². The van der Waals surface area contributed by atoms with Crippen LogP contribution in [0.25, 0.3) is 11.2 Å². The largest absolute Gasteiger partial charge is 0.790 e. The molecule has 1 aliphatic heterocycles. The van der Waals surface area contributed by atoms with Crippen LogP contribution in [0.15, 0.2) is 12.7 Å². The Labute approximate surface area is 457 Å². The highest BCUT2D eigenvalue weighted by molar-refractivity contribution is 8.13. The molecule has 8 N–H and O–H groups in total. The second-order valence-corrected chi connectivity index (χ2v) is 28.6. The summed E-state index contributed by atoms with van der Waals surface area (Å²) in [7, 11) is -17.7. The summed E-state index contributed by atoms with van der Waals surface area (Å²) >= 11 is 1.15. The molecule has 0 bridgehead atoms. The van der Waals surface area contributed by atoms with E-state index < -0.39 is 84.6 Å². The van der Waals surface area contributed by atoms with Crippen LogP contribution in [-0.4, -0.2) is 126 Å². The van der Waals surface area contributed by atoms with Crippen LogP contribution in [-0.2, 0) is 50.7 Å². The second-order valence-electron chi connectivity index (χ2n) is 23.4. The molecule has 78 heavy (non-hydrogen) atoms. The lowest BCUT2D eigenvalue weighted by Crippen LogP contribution is -2.58. The molecule has 2 aromatic heterocycles. The molecule has 18 atom stereocenters. The Morgan fingerprint density at radius 1 is 0.936 bits per heavy atom. The van der Waals surface area contributed by atoms with Crippen molar-refractivity contribution < 1.29 is 90.7 Å². The molecule has 2 amide bonds. The molecule has 442 valence electrons. The van der Waals surface area contributed by atoms with Gasteiger partial charge in [-0.05, 0) is 104 Å². The van der Waals surface area contributed by atoms with Gasteiger partial charge in [-0.15, -0.1) is 0 Å². The fourth-order valence-corrected chi connectivity index (χ4v) is 17.2. The van der Waals surface area contributed by atoms with Gasteiger partial charge in [0, 0.05) is 36.6 Å². The number of thioether (sulfide) groups is 1. The summed E-state index contributed by atoms with van der Waals surface area (Å²) in [6.07, 6.45) is 2.68. The van der Waals surface area contributed by atoms with E-state index in [4.69, 9.17) is 10.5 Å². The van der Waals surface area contributed by atoms with Gasteiger partial charge < -0.3 is 79.2 Å². The molecule has 30 heteroatoms. The fraction of sp³-hybridized carbons (Fsp3) is 0.833. The lowest BCUT2D eigenvalue weighted by molar-refractivity contribution is -0.347. The fourth-order valence-electron chi connectivity index (χ4n) is 13.6. The average Bonchev–Trinajstić information content (AvgIpc) is 4.22. The number of nitrogen functional groups attached to an aromatic ring is 1. The van der Waals surface area contributed by atoms with Crippen molar-refractivity contribution in [2.75, 3.05) is 37.8 Å². The molecule has 7 rings (SSSR count). The van der Waals surface area contributed by atoms with Crippen molar-refractivity contribution in [2.24, 2.45) is 57.7 Å². The number of carbonyl (C=O) groups is 3. The van der Waals surface area contributed by atoms with E-state index >= 15 is 0 Å². The number of fused-ring (bicyclic) bond motifs is 6. The SMILES string of the molecule is C[C@H](CCC[C@H](C)C(=O)SCCNC(=O)CCNC(=O)[C@H](O)C(C)(C)COP(=O)([O-])OP(=O)([O-])OC[C@H]1O[C@@H](n2cnc3c(N)ncnc32)[C@H](O)[C@@H]1OP(=O)([O-])[O-])[C@H]1CC[C@H]2[C@@H]3[C@H](O)C[C@@H]4C[C@H](O)CC[C@]4(C)[C@H]3CC[C@]12C. The number of aromatic nitrogens is 4. The first kappa shape index (κ1) is 63.1. The quantitative estimate of drug-likeness (QED) is 0.0548. The van der Waals surface area contributed by atoms with Gasteiger partial charge in [0.05, 0.1) is 39.6 Å². The maximum absolute atomic E-state index is 13.0. The number of ether oxygens (including phenoxy) is 1. The molecular formula is C48H76N7O19P3S-4. The zero-order valence-electron chi connectivity index (χ0n) is 44.8. The summed E-state index contributed by atoms with van der Waals surface area (Å²) in [6, 6.07) is 0. The van der Waals surface area contributed by atoms with Crippen LogP contribution in [0.3, 0.4) is 0 Å². The highest BCUT2D eigenvalue weighted by atomic mass is 32.2. The number of nitrogens with two attached hydrogens (primary N) is 1. The Kier molecular flexibility index (Phi) is 20.3. The number of hydrogen-bond acceptors (Lipinski definition) is 24. The van der Waals surface area contributed by atoms with Gasteiger partial charge in [0.1, 0.15) is 36.3 Å². The maximum atomic E-state index is 13.0. The number of amides is 2. The van der Waals surface area contributed by atoms with Gasteiger partial charge in [-0.3, -0.25) is 28.1 Å². The Balaban J connectivity index is 0.764. The van der Waals surface area contributed by atoms with E-state index in [1.54, 1.807) is 0 Å². The van der Waals surface area contributed by atoms with E-state index in [0.717, 1.165) is 86.8 Å². The first-order chi connectivity index (χ1) is 36.4. The minimum Gasteiger partial charge on any atom is -0.790 e. The highest BCUT2D eigenvalue weighted by Gasteiger charge is 2.63. The Morgan fingerprint density at radius 3 is 2.35 bits per heavy atom. The molecule has 4 saturated carbocycles. The van der Waals surface area contributed by atoms with Crippen molar-refractivity contribution in [3.05, 3.63) is 12.7 Å². The monoisotopic (exact) mass is 1180 g/mol. The number of aliphatic hydroxyl groups excluding tert-OH is 4. The summed E-state index contributed by atoms with van der Waals surface area (Å²) in [5, 5.41) is 48.7. The van der Waals surface area contributed by atoms with Crippen LogP contribution >= 0.6 is 35.2 Å². The minimum atomic E-state index is -5.94. The zero-order chi connectivity index (χ0) is 57.3. The van der Waals surface area contributed by atoms with Gasteiger partial charge in [-0.25, -0.2) is 19.3 Å². The van der Waals surface area contributed by atoms with Crippen LogP contribution in [0.5, 0.6) is 0 Å². The summed E-state index contributed by atoms with van der Waals surface area (Å²) in [4.78, 5) is 98.4. The molecule has 2 unspecified atom stereocenters. The number of carbonyl (C=O) groups excluding carboxylic acids is 3. The molecule has 4 aliphatic carbocycles. The molecule has 2 aromatic rings. The van der Waals surface area contributed by atoms with Gasteiger partial charge >= 0.3 is 0 Å². The average molecular weight is 1180 g/mol. The number of anilines is 1. The molecule has 0 spiro atoms. The molecule has 0 aromatic carbocycles. The van der Waals surface area contributed by atoms with Crippen molar-refractivity contribution in [2.45, 2.75) is 161 Å². The lowest BCUT2D eigenvalue weighted by Gasteiger charge is -2.62. The first-order valence-corrected chi connectivity index (χ1v) is 32.1. The number of rotatable bonds is 25. The van der Waals surface area contributed by atoms with E-state index in [9.17, 15) is 68.1 Å². The topological polar surface area (TPSA) is 415 Å². The van der Waals surface area contributed by atoms with Gasteiger partial charge in [-0.1, -0.05) is 66.1 Å². The number of imidazole rings is 1. The van der Waals surface area contributed by atoms with Crippen LogP contribution in [0.2, 0.25) is 0 Å². The molecule has 0 radical (unpaired) electrons. The lowest BCUT2D eigenvalue weighted by atomic mass is 9.43. The first-order valence-electron chi connectivity index (χ1n) is 26.7. The molecular weight excluding hydrogens is 1100 g/mol. The van der Waals surface area contributed by atoms with Crippen LogP contribution in [0.4, 0.5) is 5.82 Å². The standard InChI is InChI=1S/C48H80N7O19P3S/c1-26(30-10-11-31-36-32(13-16-48(30,31)6)47(5)15-12-29(56)20-28(47)21-33(36)57)8-7-9-27(2)45(62)78-19-18-50-35(58)14-17-51-43(61)40(60)46(3,4)23-71-77(68,69)74-76(66,67)70-22-34-39(73-75(63,64)65)38(59)44(72-34)55-25-54-37-41(49)52-24-53-42(37)55/h24-34,36,38-40,44,56-57,59-60H,7-23H2,1-6H3,(H,50,58)(H,51,61)(H,66,67)(H,68,69)(H2,49,52,53)(H2,63,64,65)/p-4/t26-,27+,28+,29-,30-,31+,32+,33-,34-,36+,38-,39-,40+,44-,47+,48-/m1/s1. The Bertz CT molecular complexity index is 2600. The van der Waals surface area contributed by atoms with E-state index in [1.807, 2.05) is 6.92 Å². The summed E-state index contributed by atoms with van der Waals surface area (Å²) < 4.78 is 61.2. The normalized spacial score (nSPS) is 33.9. The van der Waals surface area contributed by atoms with Crippen LogP contribution < -0.4 is 35.9 Å². The number of nitrogens with zero attached hydrogens (tertiary/aromatic N) is 4. The summed E-state index contributed by atoms with van der Waals surface area (Å²) in [5.74, 6) is 1.43. The van der Waals surface area contributed by atoms with E-state index in [0.29, 0.717) is 41.3 Å². The third-order valence-corrected chi connectivity index (χ3v) is 21.9. The maximum Gasteiger partial charge on any atom is 0.274 e. The number of aliphatic hydroxyl groups is 4. The van der Waals surface area contributed by atoms with Crippen molar-refractivity contribution >= 4 is 69.1 Å². The van der Waals surface area contributed by atoms with E-state index in [-0.39, 0.29) is 70.6 Å². The predicted octanol–water partition coefficient (Wildman–Crippen LogP) is 1.57. The molecule has 5 fully saturated rings. The predicted molar refractivity (Wildman–Crippen MR) is 273 cm³/mol. The number of hydrogen-bond donors (Lipinski definition) is 7. The van der Waals surface area contributed by atoms with Crippen LogP contribution in [0.1, 0.15) is 125 Å². The van der Waals surface area contributed by atoms with Crippen LogP contribution in [0, 0.1) is 57.7 Å². The van der Waals surface area contributed by atoms with Crippen molar-refractivity contribution in [3.8, 4) is 0 Å². The third-order valence-electron chi connectivity index (χ3n) is 17.8. The minimum absolute atomic E-state index is 0.0226. The van der Waals surface area contributed by atoms with Crippen molar-refractivity contribution in [3.63, 3.8) is 0 Å². The smallest absolute Gasteiger partial charge is 0.274 e. The molecule has 3 heterocycles. The molecule has 5 aliphatic rings. The van der Waals surface area contributed by atoms with Crippen molar-refractivity contribution in [1.82, 2.24) is 30.2 Å². The van der Waals surface area contributed by atoms with Crippen molar-refractivity contribution in [1.29, 1.82) is 0 Å². The van der Waals surface area contributed by atoms with Gasteiger partial charge in [-0.2, -0.15) is 0 Å². The molecule has 1 saturated heterocycles. The van der Waals surface area contributed by atoms with E-state index in [1.165, 1.54) is 26.7 Å². The number of phosphoric acid groups is 3. The Hall–Kier alpha value is -2.52. The van der Waals surface area contributed by atoms with Gasteiger partial charge in [0.15, 0.2) is 22.8 Å². The van der Waals surface area contributed by atoms with E-state index in [2.05, 4.69) is 64.2 Å². The second kappa shape index (κ2) is 25.1. The molecule has 26 nitrogen and oxygen atoms in total. The highest BCUT2D eigenvalue weighted by Crippen LogP contribution is 2.68. The number of phosphoric ester groups is 3. The number of nitrogens with one attached hydrogen (secondary N) is 2. The summed E-state index contributed by atoms with van der Waals surface area (Å²) in [6.45, 7) is 9.30. The van der Waals surface area contributed by atoms with Gasteiger partial charge in [0.2, 0.25) is 11.8 Å². The summed E-state index contributed by atoms with van der Waals surface area (Å²) in [5.41, 5.74) is 4.46.